The van der Waals surface area contributed by atoms with Crippen LogP contribution in [-0.2, 0) is 11.4 Å². The van der Waals surface area contributed by atoms with Gasteiger partial charge in [0.15, 0.2) is 12.4 Å². The number of anilines is 1. The lowest BCUT2D eigenvalue weighted by atomic mass is 10.2. The Hall–Kier alpha value is -5.03. The molecule has 1 N–H and O–H groups in total. The van der Waals surface area contributed by atoms with Crippen molar-refractivity contribution in [2.75, 3.05) is 26.1 Å². The molecule has 0 spiro atoms. The molecule has 3 aromatic carbocycles. The average molecular weight is 557 g/mol. The van der Waals surface area contributed by atoms with Gasteiger partial charge in [-0.05, 0) is 47.2 Å². The lowest BCUT2D eigenvalue weighted by Crippen LogP contribution is -2.20. The van der Waals surface area contributed by atoms with Gasteiger partial charge in [-0.3, -0.25) is 4.79 Å². The van der Waals surface area contributed by atoms with E-state index in [0.717, 1.165) is 10.9 Å². The van der Waals surface area contributed by atoms with E-state index in [1.54, 1.807) is 43.1 Å². The summed E-state index contributed by atoms with van der Waals surface area (Å²) in [5, 5.41) is 8.49. The molecule has 1 amide bonds. The van der Waals surface area contributed by atoms with Gasteiger partial charge in [-0.2, -0.15) is 0 Å². The number of hydrogen-bond acceptors (Lipinski definition) is 9. The number of rotatable bonds is 10. The van der Waals surface area contributed by atoms with E-state index in [1.807, 2.05) is 54.6 Å². The van der Waals surface area contributed by atoms with Crippen molar-refractivity contribution in [3.8, 4) is 33.9 Å². The zero-order valence-corrected chi connectivity index (χ0v) is 22.4. The van der Waals surface area contributed by atoms with Gasteiger partial charge in [0.2, 0.25) is 4.96 Å². The van der Waals surface area contributed by atoms with E-state index in [1.165, 1.54) is 11.3 Å². The highest BCUT2D eigenvalue weighted by molar-refractivity contribution is 7.18. The number of furan rings is 1. The fourth-order valence-corrected chi connectivity index (χ4v) is 4.79. The Labute approximate surface area is 232 Å². The van der Waals surface area contributed by atoms with E-state index in [9.17, 15) is 4.79 Å². The van der Waals surface area contributed by atoms with Gasteiger partial charge in [-0.15, -0.1) is 5.10 Å². The smallest absolute Gasteiger partial charge is 0.294 e. The predicted molar refractivity (Wildman–Crippen MR) is 151 cm³/mol. The van der Waals surface area contributed by atoms with E-state index >= 15 is 0 Å². The summed E-state index contributed by atoms with van der Waals surface area (Å²) in [4.78, 5) is 17.7. The normalized spacial score (nSPS) is 11.1. The number of benzene rings is 3. The number of hydrogen-bond donors (Lipinski definition) is 1. The topological polar surface area (TPSA) is 109 Å². The molecule has 6 aromatic rings. The molecule has 0 aliphatic heterocycles. The van der Waals surface area contributed by atoms with Crippen LogP contribution in [-0.4, -0.2) is 41.3 Å². The van der Waals surface area contributed by atoms with Crippen LogP contribution in [0, 0.1) is 0 Å². The van der Waals surface area contributed by atoms with Crippen molar-refractivity contribution in [2.45, 2.75) is 6.61 Å². The Balaban J connectivity index is 1.17. The van der Waals surface area contributed by atoms with Gasteiger partial charge in [0.25, 0.3) is 11.1 Å². The van der Waals surface area contributed by atoms with Crippen LogP contribution in [0.3, 0.4) is 0 Å². The second kappa shape index (κ2) is 11.0. The van der Waals surface area contributed by atoms with Crippen LogP contribution in [0.15, 0.2) is 83.4 Å². The van der Waals surface area contributed by atoms with E-state index in [0.29, 0.717) is 50.1 Å². The summed E-state index contributed by atoms with van der Waals surface area (Å²) in [7, 11) is 3.16. The quantitative estimate of drug-likeness (QED) is 0.225. The van der Waals surface area contributed by atoms with Crippen LogP contribution < -0.4 is 24.3 Å². The third-order valence-electron chi connectivity index (χ3n) is 5.98. The Kier molecular flexibility index (Phi) is 6.94. The van der Waals surface area contributed by atoms with Gasteiger partial charge in [0.05, 0.1) is 25.8 Å². The summed E-state index contributed by atoms with van der Waals surface area (Å²) in [5.74, 6) is 2.15. The van der Waals surface area contributed by atoms with Crippen molar-refractivity contribution in [3.63, 3.8) is 0 Å². The maximum atomic E-state index is 12.4. The number of aromatic nitrogens is 3. The molecule has 0 saturated heterocycles. The van der Waals surface area contributed by atoms with Gasteiger partial charge >= 0.3 is 0 Å². The number of nitrogens with zero attached hydrogens (tertiary/aromatic N) is 3. The molecule has 0 bridgehead atoms. The molecule has 0 aliphatic rings. The highest BCUT2D eigenvalue weighted by Gasteiger charge is 2.17. The Morgan fingerprint density at radius 3 is 2.65 bits per heavy atom. The average Bonchev–Trinajstić information content (AvgIpc) is 3.68. The number of nitrogens with one attached hydrogen (secondary N) is 1. The number of fused-ring (bicyclic) bond motifs is 2. The second-order valence-electron chi connectivity index (χ2n) is 8.71. The van der Waals surface area contributed by atoms with Gasteiger partial charge in [0, 0.05) is 17.8 Å². The number of methoxy groups -OCH3 is 2. The molecule has 11 heteroatoms. The Morgan fingerprint density at radius 1 is 0.975 bits per heavy atom. The first-order valence-corrected chi connectivity index (χ1v) is 13.1. The van der Waals surface area contributed by atoms with Crippen molar-refractivity contribution in [1.82, 2.24) is 14.6 Å². The molecule has 10 nitrogen and oxygen atoms in total. The molecular weight excluding hydrogens is 532 g/mol. The minimum atomic E-state index is -0.254. The maximum Gasteiger partial charge on any atom is 0.294 e. The second-order valence-corrected chi connectivity index (χ2v) is 9.63. The van der Waals surface area contributed by atoms with Crippen molar-refractivity contribution in [2.24, 2.45) is 0 Å². The molecule has 0 unspecified atom stereocenters. The van der Waals surface area contributed by atoms with Crippen LogP contribution in [0.2, 0.25) is 0 Å². The fourth-order valence-electron chi connectivity index (χ4n) is 4.09. The summed E-state index contributed by atoms with van der Waals surface area (Å²) < 4.78 is 30.1. The number of carbonyl (C=O) groups excluding carboxylic acids is 1. The zero-order valence-electron chi connectivity index (χ0n) is 21.6. The first-order valence-electron chi connectivity index (χ1n) is 12.3. The van der Waals surface area contributed by atoms with E-state index in [2.05, 4.69) is 15.4 Å². The molecule has 0 saturated carbocycles. The zero-order chi connectivity index (χ0) is 27.5. The fraction of sp³-hybridized carbons (Fsp3) is 0.138. The number of para-hydroxylation sites is 1. The van der Waals surface area contributed by atoms with Gasteiger partial charge < -0.3 is 28.7 Å². The molecule has 3 aromatic heterocycles. The van der Waals surface area contributed by atoms with Crippen LogP contribution in [0.1, 0.15) is 5.56 Å². The van der Waals surface area contributed by atoms with Gasteiger partial charge in [-0.25, -0.2) is 9.50 Å². The molecule has 3 heterocycles. The minimum Gasteiger partial charge on any atom is -0.496 e. The van der Waals surface area contributed by atoms with Crippen LogP contribution in [0.5, 0.6) is 22.4 Å². The summed E-state index contributed by atoms with van der Waals surface area (Å²) in [6.07, 6.45) is 1.79. The molecule has 0 atom stereocenters. The molecule has 0 fully saturated rings. The van der Waals surface area contributed by atoms with Crippen molar-refractivity contribution in [1.29, 1.82) is 0 Å². The molecule has 0 aliphatic carbocycles. The molecule has 0 radical (unpaired) electrons. The number of ether oxygens (including phenoxy) is 4. The third kappa shape index (κ3) is 5.40. The Morgan fingerprint density at radius 2 is 1.85 bits per heavy atom. The molecule has 6 rings (SSSR count). The number of carbonyl (C=O) groups is 1. The number of amides is 1. The van der Waals surface area contributed by atoms with Crippen molar-refractivity contribution in [3.05, 3.63) is 84.6 Å². The van der Waals surface area contributed by atoms with E-state index in [-0.39, 0.29) is 19.1 Å². The predicted octanol–water partition coefficient (Wildman–Crippen LogP) is 5.82. The molecular formula is C29H24N4O6S. The first kappa shape index (κ1) is 25.3. The van der Waals surface area contributed by atoms with E-state index < -0.39 is 0 Å². The number of imidazole rings is 1. The lowest BCUT2D eigenvalue weighted by molar-refractivity contribution is -0.118. The first-order chi connectivity index (χ1) is 19.6. The molecule has 202 valence electrons. The highest BCUT2D eigenvalue weighted by atomic mass is 32.1. The molecule has 40 heavy (non-hydrogen) atoms. The van der Waals surface area contributed by atoms with Crippen LogP contribution in [0.25, 0.3) is 27.4 Å². The van der Waals surface area contributed by atoms with Crippen LogP contribution in [0.4, 0.5) is 5.69 Å². The largest absolute Gasteiger partial charge is 0.496 e. The Bertz CT molecular complexity index is 1760. The van der Waals surface area contributed by atoms with Gasteiger partial charge in [0.1, 0.15) is 35.1 Å². The summed E-state index contributed by atoms with van der Waals surface area (Å²) >= 11 is 1.34. The summed E-state index contributed by atoms with van der Waals surface area (Å²) in [6, 6.07) is 22.2. The summed E-state index contributed by atoms with van der Waals surface area (Å²) in [6.45, 7) is 0.171. The van der Waals surface area contributed by atoms with Gasteiger partial charge in [-0.1, -0.05) is 30.3 Å². The third-order valence-corrected chi connectivity index (χ3v) is 6.86. The summed E-state index contributed by atoms with van der Waals surface area (Å²) in [5.41, 5.74) is 2.76. The maximum absolute atomic E-state index is 12.4. The highest BCUT2D eigenvalue weighted by Crippen LogP contribution is 2.37. The SMILES string of the molecule is COc1cc(OCc2cccc(NC(=O)COc3ccccc3)c2)c2cc(-c3cn4nc(OC)sc4n3)oc2c1. The standard InChI is InChI=1S/C29H24N4O6S/c1-35-21-12-24(22-14-26(39-25(22)13-21)23-15-33-28(31-23)40-29(32-33)36-2)38-16-18-7-6-8-19(11-18)30-27(34)17-37-20-9-4-3-5-10-20/h3-15H,16-17H2,1-2H3,(H,30,34). The van der Waals surface area contributed by atoms with Crippen LogP contribution >= 0.6 is 11.3 Å². The minimum absolute atomic E-state index is 0.0896. The monoisotopic (exact) mass is 556 g/mol. The van der Waals surface area contributed by atoms with Crippen molar-refractivity contribution >= 4 is 38.9 Å². The van der Waals surface area contributed by atoms with Crippen molar-refractivity contribution < 1.29 is 28.2 Å². The lowest BCUT2D eigenvalue weighted by Gasteiger charge is -2.11. The van der Waals surface area contributed by atoms with E-state index in [4.69, 9.17) is 23.4 Å².